The van der Waals surface area contributed by atoms with Gasteiger partial charge in [-0.15, -0.1) is 10.2 Å². The standard InChI is InChI=1S/C18H22N6O3/c1-2-10-5-12(27-18(25)21-11-8-26-9-11)6-13(10)17-23-22-15-7-20-16-14(24(15)17)3-4-19-16/h3-4,7,10-13,19H,2,5-6,8-9H2,1H3,(H,21,25)/t10-,12+,13+/m1/s1. The van der Waals surface area contributed by atoms with Crippen molar-refractivity contribution >= 4 is 22.9 Å². The van der Waals surface area contributed by atoms with Crippen molar-refractivity contribution in [1.82, 2.24) is 29.9 Å². The molecule has 2 aliphatic rings. The van der Waals surface area contributed by atoms with E-state index in [1.807, 2.05) is 12.3 Å². The Morgan fingerprint density at radius 3 is 3.07 bits per heavy atom. The van der Waals surface area contributed by atoms with Crippen LogP contribution in [0.1, 0.15) is 37.9 Å². The van der Waals surface area contributed by atoms with Gasteiger partial charge in [0.1, 0.15) is 11.9 Å². The molecule has 0 bridgehead atoms. The van der Waals surface area contributed by atoms with Gasteiger partial charge < -0.3 is 19.8 Å². The van der Waals surface area contributed by atoms with Gasteiger partial charge in [-0.1, -0.05) is 13.3 Å². The van der Waals surface area contributed by atoms with E-state index in [1.54, 1.807) is 6.20 Å². The van der Waals surface area contributed by atoms with E-state index in [2.05, 4.69) is 36.8 Å². The predicted octanol–water partition coefficient (Wildman–Crippen LogP) is 2.00. The lowest BCUT2D eigenvalue weighted by atomic mass is 9.93. The maximum atomic E-state index is 12.1. The normalized spacial score (nSPS) is 25.7. The van der Waals surface area contributed by atoms with Gasteiger partial charge in [-0.25, -0.2) is 9.78 Å². The van der Waals surface area contributed by atoms with Gasteiger partial charge in [0.25, 0.3) is 0 Å². The minimum atomic E-state index is -0.355. The lowest BCUT2D eigenvalue weighted by Gasteiger charge is -2.27. The number of H-pyrrole nitrogens is 1. The largest absolute Gasteiger partial charge is 0.446 e. The average molecular weight is 370 g/mol. The molecule has 1 saturated carbocycles. The van der Waals surface area contributed by atoms with Crippen LogP contribution in [0, 0.1) is 5.92 Å². The fraction of sp³-hybridized carbons (Fsp3) is 0.556. The van der Waals surface area contributed by atoms with Crippen molar-refractivity contribution in [3.05, 3.63) is 24.3 Å². The molecule has 27 heavy (non-hydrogen) atoms. The number of amides is 1. The number of aromatic nitrogens is 5. The third-order valence-corrected chi connectivity index (χ3v) is 5.71. The summed E-state index contributed by atoms with van der Waals surface area (Å²) in [5.41, 5.74) is 2.51. The highest BCUT2D eigenvalue weighted by atomic mass is 16.6. The van der Waals surface area contributed by atoms with Crippen molar-refractivity contribution in [2.75, 3.05) is 13.2 Å². The molecule has 1 amide bonds. The second-order valence-electron chi connectivity index (χ2n) is 7.37. The predicted molar refractivity (Wildman–Crippen MR) is 96.4 cm³/mol. The first-order valence-electron chi connectivity index (χ1n) is 9.45. The Morgan fingerprint density at radius 1 is 1.41 bits per heavy atom. The Bertz CT molecular complexity index is 978. The van der Waals surface area contributed by atoms with Crippen LogP contribution in [-0.4, -0.2) is 56.0 Å². The Labute approximate surface area is 155 Å². The second-order valence-corrected chi connectivity index (χ2v) is 7.37. The van der Waals surface area contributed by atoms with E-state index in [9.17, 15) is 4.79 Å². The van der Waals surface area contributed by atoms with E-state index < -0.39 is 0 Å². The number of nitrogens with zero attached hydrogens (tertiary/aromatic N) is 4. The molecule has 3 aromatic rings. The fourth-order valence-corrected chi connectivity index (χ4v) is 4.25. The highest BCUT2D eigenvalue weighted by Gasteiger charge is 2.39. The molecule has 0 radical (unpaired) electrons. The highest BCUT2D eigenvalue weighted by Crippen LogP contribution is 2.42. The summed E-state index contributed by atoms with van der Waals surface area (Å²) in [7, 11) is 0. The molecule has 3 atom stereocenters. The number of hydrogen-bond acceptors (Lipinski definition) is 6. The summed E-state index contributed by atoms with van der Waals surface area (Å²) in [6, 6.07) is 2.06. The van der Waals surface area contributed by atoms with Crippen LogP contribution in [0.3, 0.4) is 0 Å². The zero-order valence-electron chi connectivity index (χ0n) is 15.1. The molecule has 2 N–H and O–H groups in total. The molecule has 1 aliphatic heterocycles. The summed E-state index contributed by atoms with van der Waals surface area (Å²) in [6.45, 7) is 3.29. The fourth-order valence-electron chi connectivity index (χ4n) is 4.25. The van der Waals surface area contributed by atoms with Crippen LogP contribution in [0.15, 0.2) is 18.5 Å². The summed E-state index contributed by atoms with van der Waals surface area (Å²) in [5, 5.41) is 11.6. The maximum Gasteiger partial charge on any atom is 0.407 e. The van der Waals surface area contributed by atoms with Crippen LogP contribution in [0.4, 0.5) is 4.79 Å². The minimum absolute atomic E-state index is 0.0755. The Hall–Kier alpha value is -2.68. The molecule has 3 aromatic heterocycles. The molecule has 0 aromatic carbocycles. The van der Waals surface area contributed by atoms with E-state index in [0.717, 1.165) is 41.9 Å². The van der Waals surface area contributed by atoms with Crippen molar-refractivity contribution in [3.63, 3.8) is 0 Å². The molecule has 4 heterocycles. The summed E-state index contributed by atoms with van der Waals surface area (Å²) in [4.78, 5) is 19.6. The SMILES string of the molecule is CC[C@@H]1C[C@H](OC(=O)NC2COC2)C[C@@H]1c1nnc2cnc3[nH]ccc3n12. The average Bonchev–Trinajstić information content (AvgIpc) is 3.34. The van der Waals surface area contributed by atoms with Gasteiger partial charge in [0.05, 0.1) is 31.0 Å². The summed E-state index contributed by atoms with van der Waals surface area (Å²) in [6.07, 6.45) is 5.72. The van der Waals surface area contributed by atoms with Gasteiger partial charge in [0, 0.05) is 12.1 Å². The Kier molecular flexibility index (Phi) is 3.96. The van der Waals surface area contributed by atoms with Crippen LogP contribution < -0.4 is 5.32 Å². The lowest BCUT2D eigenvalue weighted by molar-refractivity contribution is -0.00845. The number of carbonyl (C=O) groups is 1. The first-order chi connectivity index (χ1) is 13.2. The molecule has 9 nitrogen and oxygen atoms in total. The van der Waals surface area contributed by atoms with Crippen molar-refractivity contribution in [3.8, 4) is 0 Å². The Balaban J connectivity index is 1.40. The van der Waals surface area contributed by atoms with Gasteiger partial charge >= 0.3 is 6.09 Å². The van der Waals surface area contributed by atoms with Crippen LogP contribution >= 0.6 is 0 Å². The smallest absolute Gasteiger partial charge is 0.407 e. The summed E-state index contributed by atoms with van der Waals surface area (Å²) < 4.78 is 12.8. The Morgan fingerprint density at radius 2 is 2.30 bits per heavy atom. The van der Waals surface area contributed by atoms with E-state index >= 15 is 0 Å². The number of ether oxygens (including phenoxy) is 2. The second kappa shape index (κ2) is 6.49. The van der Waals surface area contributed by atoms with E-state index in [4.69, 9.17) is 9.47 Å². The molecule has 0 unspecified atom stereocenters. The van der Waals surface area contributed by atoms with Crippen molar-refractivity contribution in [2.24, 2.45) is 5.92 Å². The van der Waals surface area contributed by atoms with Crippen molar-refractivity contribution in [2.45, 2.75) is 44.2 Å². The monoisotopic (exact) mass is 370 g/mol. The molecular weight excluding hydrogens is 348 g/mol. The summed E-state index contributed by atoms with van der Waals surface area (Å²) in [5.74, 6) is 1.50. The molecule has 142 valence electrons. The number of fused-ring (bicyclic) bond motifs is 3. The molecule has 9 heteroatoms. The maximum absolute atomic E-state index is 12.1. The molecule has 1 aliphatic carbocycles. The zero-order valence-corrected chi connectivity index (χ0v) is 15.1. The highest BCUT2D eigenvalue weighted by molar-refractivity contribution is 5.74. The topological polar surface area (TPSA) is 106 Å². The number of hydrogen-bond donors (Lipinski definition) is 2. The first kappa shape index (κ1) is 16.5. The van der Waals surface area contributed by atoms with Crippen molar-refractivity contribution < 1.29 is 14.3 Å². The lowest BCUT2D eigenvalue weighted by Crippen LogP contribution is -2.49. The van der Waals surface area contributed by atoms with E-state index in [0.29, 0.717) is 19.1 Å². The van der Waals surface area contributed by atoms with Gasteiger partial charge in [0.15, 0.2) is 11.3 Å². The minimum Gasteiger partial charge on any atom is -0.446 e. The molecule has 1 saturated heterocycles. The van der Waals surface area contributed by atoms with Crippen LogP contribution in [0.25, 0.3) is 16.8 Å². The van der Waals surface area contributed by atoms with Gasteiger partial charge in [0.2, 0.25) is 0 Å². The van der Waals surface area contributed by atoms with Gasteiger partial charge in [-0.05, 0) is 24.8 Å². The van der Waals surface area contributed by atoms with Crippen LogP contribution in [0.5, 0.6) is 0 Å². The molecular formula is C18H22N6O3. The summed E-state index contributed by atoms with van der Waals surface area (Å²) >= 11 is 0. The quantitative estimate of drug-likeness (QED) is 0.727. The number of aromatic amines is 1. The van der Waals surface area contributed by atoms with Gasteiger partial charge in [-0.2, -0.15) is 0 Å². The van der Waals surface area contributed by atoms with Crippen LogP contribution in [-0.2, 0) is 9.47 Å². The number of carbonyl (C=O) groups excluding carboxylic acids is 1. The van der Waals surface area contributed by atoms with Gasteiger partial charge in [-0.3, -0.25) is 4.40 Å². The molecule has 2 fully saturated rings. The zero-order chi connectivity index (χ0) is 18.4. The number of nitrogens with one attached hydrogen (secondary N) is 2. The first-order valence-corrected chi connectivity index (χ1v) is 9.45. The number of alkyl carbamates (subject to hydrolysis) is 1. The molecule has 5 rings (SSSR count). The third kappa shape index (κ3) is 2.82. The van der Waals surface area contributed by atoms with Crippen molar-refractivity contribution in [1.29, 1.82) is 0 Å². The van der Waals surface area contributed by atoms with Crippen LogP contribution in [0.2, 0.25) is 0 Å². The number of rotatable bonds is 4. The molecule has 0 spiro atoms. The van der Waals surface area contributed by atoms with E-state index in [1.165, 1.54) is 0 Å². The van der Waals surface area contributed by atoms with E-state index in [-0.39, 0.29) is 24.2 Å². The third-order valence-electron chi connectivity index (χ3n) is 5.71.